The Morgan fingerprint density at radius 2 is 2.11 bits per heavy atom. The average molecular weight is 316 g/mol. The van der Waals surface area contributed by atoms with Crippen molar-refractivity contribution < 1.29 is 19.8 Å². The summed E-state index contributed by atoms with van der Waals surface area (Å²) in [7, 11) is 0. The molecule has 0 aliphatic carbocycles. The van der Waals surface area contributed by atoms with Crippen molar-refractivity contribution in [1.29, 1.82) is 0 Å². The van der Waals surface area contributed by atoms with Gasteiger partial charge in [0.2, 0.25) is 0 Å². The van der Waals surface area contributed by atoms with E-state index in [9.17, 15) is 14.7 Å². The van der Waals surface area contributed by atoms with E-state index in [1.165, 1.54) is 12.1 Å². The minimum absolute atomic E-state index is 0.00618. The first kappa shape index (κ1) is 14.5. The van der Waals surface area contributed by atoms with Crippen LogP contribution in [0.4, 0.5) is 0 Å². The molecule has 3 N–H and O–H groups in total. The van der Waals surface area contributed by atoms with Crippen LogP contribution in [0.2, 0.25) is 0 Å². The number of carbonyl (C=O) groups is 2. The van der Waals surface area contributed by atoms with Crippen LogP contribution in [-0.4, -0.2) is 28.1 Å². The van der Waals surface area contributed by atoms with Gasteiger partial charge in [0, 0.05) is 16.9 Å². The standard InChI is InChI=1S/C12H14BrNO4/c1-7(2-5-11(16)17)14-12(18)9-4-3-8(13)6-10(9)15/h3-4,6-7,15H,2,5H2,1H3,(H,14,18)(H,16,17). The van der Waals surface area contributed by atoms with Crippen LogP contribution < -0.4 is 5.32 Å². The number of hydrogen-bond acceptors (Lipinski definition) is 3. The summed E-state index contributed by atoms with van der Waals surface area (Å²) in [4.78, 5) is 22.2. The Bertz CT molecular complexity index is 461. The zero-order chi connectivity index (χ0) is 13.7. The van der Waals surface area contributed by atoms with E-state index in [4.69, 9.17) is 5.11 Å². The molecule has 0 bridgehead atoms. The van der Waals surface area contributed by atoms with Crippen molar-refractivity contribution >= 4 is 27.8 Å². The summed E-state index contributed by atoms with van der Waals surface area (Å²) >= 11 is 3.18. The fourth-order valence-electron chi connectivity index (χ4n) is 1.41. The van der Waals surface area contributed by atoms with Crippen LogP contribution in [0, 0.1) is 0 Å². The highest BCUT2D eigenvalue weighted by Crippen LogP contribution is 2.22. The van der Waals surface area contributed by atoms with E-state index in [1.54, 1.807) is 13.0 Å². The zero-order valence-electron chi connectivity index (χ0n) is 9.81. The molecule has 6 heteroatoms. The monoisotopic (exact) mass is 315 g/mol. The molecule has 0 fully saturated rings. The van der Waals surface area contributed by atoms with Crippen LogP contribution in [0.1, 0.15) is 30.1 Å². The van der Waals surface area contributed by atoms with Crippen molar-refractivity contribution in [3.63, 3.8) is 0 Å². The molecule has 1 aromatic rings. The van der Waals surface area contributed by atoms with E-state index in [0.717, 1.165) is 0 Å². The number of carbonyl (C=O) groups excluding carboxylic acids is 1. The molecule has 0 heterocycles. The number of hydrogen-bond donors (Lipinski definition) is 3. The third-order valence-electron chi connectivity index (χ3n) is 2.37. The number of carboxylic acid groups (broad SMARTS) is 1. The lowest BCUT2D eigenvalue weighted by Crippen LogP contribution is -2.32. The number of rotatable bonds is 5. The smallest absolute Gasteiger partial charge is 0.303 e. The number of phenols is 1. The minimum Gasteiger partial charge on any atom is -0.507 e. The van der Waals surface area contributed by atoms with E-state index >= 15 is 0 Å². The number of aliphatic carboxylic acids is 1. The third kappa shape index (κ3) is 4.37. The fraction of sp³-hybridized carbons (Fsp3) is 0.333. The number of amides is 1. The number of halogens is 1. The van der Waals surface area contributed by atoms with Crippen LogP contribution in [0.3, 0.4) is 0 Å². The summed E-state index contributed by atoms with van der Waals surface area (Å²) in [6.45, 7) is 1.72. The van der Waals surface area contributed by atoms with Gasteiger partial charge in [0.25, 0.3) is 5.91 Å². The second kappa shape index (κ2) is 6.39. The minimum atomic E-state index is -0.900. The Balaban J connectivity index is 2.62. The molecule has 5 nitrogen and oxygen atoms in total. The van der Waals surface area contributed by atoms with Crippen molar-refractivity contribution in [2.75, 3.05) is 0 Å². The molecule has 1 amide bonds. The summed E-state index contributed by atoms with van der Waals surface area (Å²) in [6.07, 6.45) is 0.339. The number of aromatic hydroxyl groups is 1. The van der Waals surface area contributed by atoms with Gasteiger partial charge in [-0.05, 0) is 31.5 Å². The summed E-state index contributed by atoms with van der Waals surface area (Å²) < 4.78 is 0.676. The topological polar surface area (TPSA) is 86.6 Å². The third-order valence-corrected chi connectivity index (χ3v) is 2.87. The fourth-order valence-corrected chi connectivity index (χ4v) is 1.76. The maximum absolute atomic E-state index is 11.8. The van der Waals surface area contributed by atoms with Crippen molar-refractivity contribution in [3.8, 4) is 5.75 Å². The Morgan fingerprint density at radius 1 is 1.44 bits per heavy atom. The maximum atomic E-state index is 11.8. The van der Waals surface area contributed by atoms with Gasteiger partial charge in [-0.3, -0.25) is 9.59 Å². The number of carboxylic acids is 1. The molecule has 1 atom stereocenters. The summed E-state index contributed by atoms with van der Waals surface area (Å²) in [6, 6.07) is 4.31. The zero-order valence-corrected chi connectivity index (χ0v) is 11.4. The molecule has 0 spiro atoms. The molecule has 1 aromatic carbocycles. The predicted molar refractivity (Wildman–Crippen MR) is 69.6 cm³/mol. The molecule has 0 saturated carbocycles. The largest absolute Gasteiger partial charge is 0.507 e. The first-order valence-electron chi connectivity index (χ1n) is 5.41. The summed E-state index contributed by atoms with van der Waals surface area (Å²) in [5, 5.41) is 20.8. The number of nitrogens with one attached hydrogen (secondary N) is 1. The lowest BCUT2D eigenvalue weighted by molar-refractivity contribution is -0.137. The molecule has 0 radical (unpaired) electrons. The van der Waals surface area contributed by atoms with Crippen LogP contribution in [-0.2, 0) is 4.79 Å². The molecule has 18 heavy (non-hydrogen) atoms. The molecule has 0 aromatic heterocycles. The maximum Gasteiger partial charge on any atom is 0.303 e. The Hall–Kier alpha value is -1.56. The Morgan fingerprint density at radius 3 is 2.67 bits per heavy atom. The number of phenolic OH excluding ortho intramolecular Hbond substituents is 1. The summed E-state index contributed by atoms with van der Waals surface area (Å²) in [5.41, 5.74) is 0.167. The van der Waals surface area contributed by atoms with E-state index in [1.807, 2.05) is 0 Å². The highest BCUT2D eigenvalue weighted by atomic mass is 79.9. The lowest BCUT2D eigenvalue weighted by Gasteiger charge is -2.13. The number of benzene rings is 1. The van der Waals surface area contributed by atoms with Gasteiger partial charge >= 0.3 is 5.97 Å². The Labute approximate surface area is 113 Å². The van der Waals surface area contributed by atoms with Crippen molar-refractivity contribution in [1.82, 2.24) is 5.32 Å². The van der Waals surface area contributed by atoms with E-state index in [2.05, 4.69) is 21.2 Å². The van der Waals surface area contributed by atoms with Gasteiger partial charge in [-0.15, -0.1) is 0 Å². The van der Waals surface area contributed by atoms with Crippen LogP contribution in [0.25, 0.3) is 0 Å². The normalized spacial score (nSPS) is 11.9. The second-order valence-corrected chi connectivity index (χ2v) is 4.88. The molecular weight excluding hydrogens is 302 g/mol. The summed E-state index contributed by atoms with van der Waals surface area (Å²) in [5.74, 6) is -1.44. The van der Waals surface area contributed by atoms with Gasteiger partial charge < -0.3 is 15.5 Å². The van der Waals surface area contributed by atoms with Crippen LogP contribution in [0.15, 0.2) is 22.7 Å². The highest BCUT2D eigenvalue weighted by Gasteiger charge is 2.14. The first-order valence-corrected chi connectivity index (χ1v) is 6.20. The van der Waals surface area contributed by atoms with Gasteiger partial charge in [-0.2, -0.15) is 0 Å². The van der Waals surface area contributed by atoms with Crippen molar-refractivity contribution in [2.45, 2.75) is 25.8 Å². The molecule has 98 valence electrons. The van der Waals surface area contributed by atoms with E-state index in [0.29, 0.717) is 10.9 Å². The highest BCUT2D eigenvalue weighted by molar-refractivity contribution is 9.10. The second-order valence-electron chi connectivity index (χ2n) is 3.97. The quantitative estimate of drug-likeness (QED) is 0.777. The van der Waals surface area contributed by atoms with E-state index < -0.39 is 11.9 Å². The first-order chi connectivity index (χ1) is 8.40. The van der Waals surface area contributed by atoms with Crippen molar-refractivity contribution in [3.05, 3.63) is 28.2 Å². The molecule has 1 rings (SSSR count). The molecule has 0 aliphatic heterocycles. The van der Waals surface area contributed by atoms with Crippen LogP contribution in [0.5, 0.6) is 5.75 Å². The molecule has 0 aliphatic rings. The molecule has 0 saturated heterocycles. The predicted octanol–water partition coefficient (Wildman–Crippen LogP) is 2.14. The lowest BCUT2D eigenvalue weighted by atomic mass is 10.1. The van der Waals surface area contributed by atoms with Gasteiger partial charge in [0.15, 0.2) is 0 Å². The van der Waals surface area contributed by atoms with Gasteiger partial charge in [-0.1, -0.05) is 15.9 Å². The van der Waals surface area contributed by atoms with Gasteiger partial charge in [0.05, 0.1) is 5.56 Å². The van der Waals surface area contributed by atoms with Gasteiger partial charge in [-0.25, -0.2) is 0 Å². The van der Waals surface area contributed by atoms with Gasteiger partial charge in [0.1, 0.15) is 5.75 Å². The molecular formula is C12H14BrNO4. The molecule has 1 unspecified atom stereocenters. The Kier molecular flexibility index (Phi) is 5.15. The van der Waals surface area contributed by atoms with Crippen LogP contribution >= 0.6 is 15.9 Å². The average Bonchev–Trinajstić information content (AvgIpc) is 2.26. The van der Waals surface area contributed by atoms with Crippen molar-refractivity contribution in [2.24, 2.45) is 0 Å². The SMILES string of the molecule is CC(CCC(=O)O)NC(=O)c1ccc(Br)cc1O. The van der Waals surface area contributed by atoms with E-state index in [-0.39, 0.29) is 23.8 Å².